The molecular weight excluding hydrogens is 687 g/mol. The van der Waals surface area contributed by atoms with Crippen molar-refractivity contribution in [2.45, 2.75) is 0 Å². The van der Waals surface area contributed by atoms with E-state index >= 15 is 0 Å². The summed E-state index contributed by atoms with van der Waals surface area (Å²) in [5.74, 6) is 1.99. The number of aromatic nitrogens is 3. The van der Waals surface area contributed by atoms with Crippen molar-refractivity contribution in [3.8, 4) is 56.4 Å². The first-order valence-electron chi connectivity index (χ1n) is 18.5. The number of hydrogen-bond acceptors (Lipinski definition) is 4. The Labute approximate surface area is 321 Å². The summed E-state index contributed by atoms with van der Waals surface area (Å²) in [6, 6.07) is 67.0. The molecule has 55 heavy (non-hydrogen) atoms. The maximum atomic E-state index is 5.12. The van der Waals surface area contributed by atoms with Crippen molar-refractivity contribution in [3.05, 3.63) is 188 Å². The smallest absolute Gasteiger partial charge is 0.165 e. The molecule has 0 fully saturated rings. The Balaban J connectivity index is 0.984. The highest BCUT2D eigenvalue weighted by atomic mass is 32.1. The zero-order chi connectivity index (χ0) is 36.3. The number of rotatable bonds is 5. The van der Waals surface area contributed by atoms with Gasteiger partial charge in [0.15, 0.2) is 17.5 Å². The fourth-order valence-corrected chi connectivity index (χ4v) is 9.25. The summed E-state index contributed by atoms with van der Waals surface area (Å²) in [6.45, 7) is 0. The fraction of sp³-hybridized carbons (Fsp3) is 0. The van der Waals surface area contributed by atoms with Gasteiger partial charge in [-0.1, -0.05) is 170 Å². The number of benzene rings is 9. The molecule has 11 aromatic rings. The Kier molecular flexibility index (Phi) is 7.35. The van der Waals surface area contributed by atoms with Gasteiger partial charge in [0.2, 0.25) is 0 Å². The van der Waals surface area contributed by atoms with E-state index in [1.165, 1.54) is 63.6 Å². The summed E-state index contributed by atoms with van der Waals surface area (Å²) in [5.41, 5.74) is 7.69. The number of fused-ring (bicyclic) bond motifs is 7. The molecule has 0 unspecified atom stereocenters. The molecule has 9 aromatic carbocycles. The summed E-state index contributed by atoms with van der Waals surface area (Å²) in [7, 11) is 0. The van der Waals surface area contributed by atoms with Crippen molar-refractivity contribution >= 4 is 63.8 Å². The van der Waals surface area contributed by atoms with Gasteiger partial charge in [0.1, 0.15) is 0 Å². The van der Waals surface area contributed by atoms with Gasteiger partial charge >= 0.3 is 0 Å². The normalized spacial score (nSPS) is 11.6. The molecular formula is C51H31N3S. The first-order valence-corrected chi connectivity index (χ1v) is 19.3. The number of hydrogen-bond donors (Lipinski definition) is 0. The van der Waals surface area contributed by atoms with Crippen molar-refractivity contribution in [1.82, 2.24) is 15.0 Å². The molecule has 0 N–H and O–H groups in total. The Morgan fingerprint density at radius 3 is 1.64 bits per heavy atom. The quantitative estimate of drug-likeness (QED) is 0.131. The topological polar surface area (TPSA) is 38.7 Å². The lowest BCUT2D eigenvalue weighted by atomic mass is 9.89. The maximum Gasteiger partial charge on any atom is 0.165 e. The highest BCUT2D eigenvalue weighted by molar-refractivity contribution is 7.26. The molecule has 0 atom stereocenters. The van der Waals surface area contributed by atoms with Gasteiger partial charge < -0.3 is 0 Å². The third kappa shape index (κ3) is 5.38. The van der Waals surface area contributed by atoms with E-state index in [0.29, 0.717) is 17.5 Å². The van der Waals surface area contributed by atoms with Gasteiger partial charge in [-0.25, -0.2) is 15.0 Å². The van der Waals surface area contributed by atoms with Crippen molar-refractivity contribution in [2.75, 3.05) is 0 Å². The Hall–Kier alpha value is -7.01. The minimum Gasteiger partial charge on any atom is -0.208 e. The van der Waals surface area contributed by atoms with E-state index in [0.717, 1.165) is 27.8 Å². The third-order valence-corrected chi connectivity index (χ3v) is 12.0. The van der Waals surface area contributed by atoms with E-state index in [1.54, 1.807) is 11.3 Å². The molecule has 0 spiro atoms. The van der Waals surface area contributed by atoms with Gasteiger partial charge in [-0.05, 0) is 72.8 Å². The second-order valence-corrected chi connectivity index (χ2v) is 15.0. The summed E-state index contributed by atoms with van der Waals surface area (Å²) in [4.78, 5) is 15.2. The van der Waals surface area contributed by atoms with Crippen LogP contribution in [-0.2, 0) is 0 Å². The second-order valence-electron chi connectivity index (χ2n) is 14.0. The highest BCUT2D eigenvalue weighted by Crippen LogP contribution is 2.41. The zero-order valence-electron chi connectivity index (χ0n) is 29.6. The zero-order valence-corrected chi connectivity index (χ0v) is 30.5. The SMILES string of the molecule is c1ccc(-c2nc(-c3ccc(-c4ccc(-c5c6ccccc6cc6c5ccc5ccccc56)cc4)cc3)nc(-c3cccc4c3sc3ccccc34)n2)cc1. The van der Waals surface area contributed by atoms with Gasteiger partial charge in [-0.3, -0.25) is 0 Å². The highest BCUT2D eigenvalue weighted by Gasteiger charge is 2.17. The van der Waals surface area contributed by atoms with E-state index < -0.39 is 0 Å². The van der Waals surface area contributed by atoms with Crippen molar-refractivity contribution in [1.29, 1.82) is 0 Å². The predicted molar refractivity (Wildman–Crippen MR) is 232 cm³/mol. The standard InChI is InChI=1S/C51H31N3S/c1-2-12-36(13-3-1)49-52-50(54-51(53-49)44-19-10-18-43-41-17-8-9-20-46(41)55-48(43)44)37-27-23-33(24-28-37)32-21-25-35(26-22-32)47-40-16-7-5-14-38(40)31-45-39-15-6-4-11-34(39)29-30-42(45)47/h1-31H. The minimum atomic E-state index is 0.652. The lowest BCUT2D eigenvalue weighted by Gasteiger charge is -2.14. The van der Waals surface area contributed by atoms with Crippen LogP contribution in [0.3, 0.4) is 0 Å². The molecule has 0 bridgehead atoms. The monoisotopic (exact) mass is 717 g/mol. The third-order valence-electron chi connectivity index (χ3n) is 10.7. The molecule has 4 heteroatoms. The summed E-state index contributed by atoms with van der Waals surface area (Å²) in [6.07, 6.45) is 0. The minimum absolute atomic E-state index is 0.652. The summed E-state index contributed by atoms with van der Waals surface area (Å²) < 4.78 is 2.44. The first kappa shape index (κ1) is 31.5. The van der Waals surface area contributed by atoms with Gasteiger partial charge in [-0.15, -0.1) is 11.3 Å². The fourth-order valence-electron chi connectivity index (χ4n) is 8.04. The molecule has 0 aliphatic heterocycles. The number of nitrogens with zero attached hydrogens (tertiary/aromatic N) is 3. The van der Waals surface area contributed by atoms with Crippen molar-refractivity contribution < 1.29 is 0 Å². The van der Waals surface area contributed by atoms with Crippen molar-refractivity contribution in [3.63, 3.8) is 0 Å². The average molecular weight is 718 g/mol. The molecule has 2 heterocycles. The van der Waals surface area contributed by atoms with Gasteiger partial charge in [-0.2, -0.15) is 0 Å². The van der Waals surface area contributed by atoms with Crippen LogP contribution in [-0.4, -0.2) is 15.0 Å². The summed E-state index contributed by atoms with van der Waals surface area (Å²) in [5, 5.41) is 10.1. The number of thiophene rings is 1. The van der Waals surface area contributed by atoms with Crippen LogP contribution in [0.15, 0.2) is 188 Å². The van der Waals surface area contributed by atoms with E-state index in [2.05, 4.69) is 170 Å². The van der Waals surface area contributed by atoms with Crippen LogP contribution >= 0.6 is 11.3 Å². The predicted octanol–water partition coefficient (Wildman–Crippen LogP) is 14.0. The Morgan fingerprint density at radius 2 is 0.873 bits per heavy atom. The van der Waals surface area contributed by atoms with Gasteiger partial charge in [0.05, 0.1) is 0 Å². The lowest BCUT2D eigenvalue weighted by molar-refractivity contribution is 1.08. The molecule has 0 aliphatic rings. The van der Waals surface area contributed by atoms with Crippen LogP contribution in [0, 0.1) is 0 Å². The second kappa shape index (κ2) is 12.8. The van der Waals surface area contributed by atoms with Gasteiger partial charge in [0, 0.05) is 36.9 Å². The van der Waals surface area contributed by atoms with Gasteiger partial charge in [0.25, 0.3) is 0 Å². The molecule has 0 radical (unpaired) electrons. The first-order chi connectivity index (χ1) is 27.2. The van der Waals surface area contributed by atoms with E-state index in [9.17, 15) is 0 Å². The molecule has 0 aliphatic carbocycles. The lowest BCUT2D eigenvalue weighted by Crippen LogP contribution is -2.00. The van der Waals surface area contributed by atoms with E-state index in [4.69, 9.17) is 15.0 Å². The van der Waals surface area contributed by atoms with Crippen LogP contribution in [0.2, 0.25) is 0 Å². The maximum absolute atomic E-state index is 5.12. The molecule has 0 saturated heterocycles. The Bertz CT molecular complexity index is 3240. The van der Waals surface area contributed by atoms with Crippen LogP contribution in [0.25, 0.3) is 109 Å². The molecule has 0 amide bonds. The van der Waals surface area contributed by atoms with Crippen LogP contribution in [0.5, 0.6) is 0 Å². The molecule has 11 rings (SSSR count). The summed E-state index contributed by atoms with van der Waals surface area (Å²) >= 11 is 1.79. The molecule has 3 nitrogen and oxygen atoms in total. The molecule has 2 aromatic heterocycles. The molecule has 0 saturated carbocycles. The average Bonchev–Trinajstić information content (AvgIpc) is 3.65. The van der Waals surface area contributed by atoms with E-state index in [-0.39, 0.29) is 0 Å². The van der Waals surface area contributed by atoms with Crippen LogP contribution in [0.4, 0.5) is 0 Å². The van der Waals surface area contributed by atoms with E-state index in [1.807, 2.05) is 18.2 Å². The van der Waals surface area contributed by atoms with Crippen LogP contribution in [0.1, 0.15) is 0 Å². The van der Waals surface area contributed by atoms with Crippen molar-refractivity contribution in [2.24, 2.45) is 0 Å². The van der Waals surface area contributed by atoms with Crippen LogP contribution < -0.4 is 0 Å². The Morgan fingerprint density at radius 1 is 0.309 bits per heavy atom. The molecule has 256 valence electrons. The largest absolute Gasteiger partial charge is 0.208 e.